The molecule has 1 fully saturated rings. The SMILES string of the molecule is Cc1ccc(C2(Cn3cncn3)OCC(COc3ccccc3OC(F)(F)F)O2)cc1. The predicted octanol–water partition coefficient (Wildman–Crippen LogP) is 3.83. The topological polar surface area (TPSA) is 67.6 Å². The minimum absolute atomic E-state index is 0.0246. The van der Waals surface area contributed by atoms with E-state index in [0.29, 0.717) is 0 Å². The van der Waals surface area contributed by atoms with Crippen molar-refractivity contribution in [1.29, 1.82) is 0 Å². The van der Waals surface area contributed by atoms with Gasteiger partial charge in [0.2, 0.25) is 5.79 Å². The minimum Gasteiger partial charge on any atom is -0.487 e. The standard InChI is InChI=1S/C21H20F3N3O4/c1-15-6-8-16(9-7-15)20(12-27-14-25-13-26-27)29-11-17(30-20)10-28-18-4-2-3-5-19(18)31-21(22,23)24/h2-9,13-14,17H,10-12H2,1H3. The van der Waals surface area contributed by atoms with E-state index in [1.807, 2.05) is 31.2 Å². The van der Waals surface area contributed by atoms with Gasteiger partial charge in [-0.15, -0.1) is 13.2 Å². The van der Waals surface area contributed by atoms with Gasteiger partial charge in [-0.3, -0.25) is 0 Å². The number of para-hydroxylation sites is 2. The van der Waals surface area contributed by atoms with Crippen molar-refractivity contribution >= 4 is 0 Å². The van der Waals surface area contributed by atoms with Crippen LogP contribution in [0, 0.1) is 6.92 Å². The quantitative estimate of drug-likeness (QED) is 0.562. The lowest BCUT2D eigenvalue weighted by molar-refractivity contribution is -0.275. The minimum atomic E-state index is -4.81. The van der Waals surface area contributed by atoms with Crippen molar-refractivity contribution in [3.05, 3.63) is 72.3 Å². The Bertz CT molecular complexity index is 996. The molecule has 1 aromatic heterocycles. The van der Waals surface area contributed by atoms with Gasteiger partial charge in [-0.05, 0) is 19.1 Å². The average Bonchev–Trinajstić information content (AvgIpc) is 3.38. The summed E-state index contributed by atoms with van der Waals surface area (Å²) in [6, 6.07) is 13.3. The molecule has 0 spiro atoms. The van der Waals surface area contributed by atoms with E-state index in [4.69, 9.17) is 14.2 Å². The number of aryl methyl sites for hydroxylation is 1. The van der Waals surface area contributed by atoms with E-state index < -0.39 is 24.0 Å². The summed E-state index contributed by atoms with van der Waals surface area (Å²) in [5.41, 5.74) is 1.87. The second kappa shape index (κ2) is 8.56. The first-order chi connectivity index (χ1) is 14.8. The molecule has 1 aliphatic heterocycles. The number of halogens is 3. The monoisotopic (exact) mass is 435 g/mol. The number of alkyl halides is 3. The van der Waals surface area contributed by atoms with Crippen molar-refractivity contribution in [2.75, 3.05) is 13.2 Å². The molecule has 164 valence electrons. The van der Waals surface area contributed by atoms with Crippen LogP contribution in [0.2, 0.25) is 0 Å². The predicted molar refractivity (Wildman–Crippen MR) is 102 cm³/mol. The number of hydrogen-bond donors (Lipinski definition) is 0. The fraction of sp³-hybridized carbons (Fsp3) is 0.333. The zero-order valence-corrected chi connectivity index (χ0v) is 16.6. The summed E-state index contributed by atoms with van der Waals surface area (Å²) in [4.78, 5) is 3.95. The van der Waals surface area contributed by atoms with Crippen LogP contribution in [0.5, 0.6) is 11.5 Å². The molecule has 0 amide bonds. The normalized spacial score (nSPS) is 21.2. The third-order valence-electron chi connectivity index (χ3n) is 4.69. The molecule has 2 heterocycles. The molecular formula is C21H20F3N3O4. The molecule has 2 aromatic carbocycles. The molecule has 2 atom stereocenters. The van der Waals surface area contributed by atoms with Crippen LogP contribution >= 0.6 is 0 Å². The fourth-order valence-corrected chi connectivity index (χ4v) is 3.27. The van der Waals surface area contributed by atoms with Crippen molar-refractivity contribution in [3.8, 4) is 11.5 Å². The Labute approximate surface area is 176 Å². The van der Waals surface area contributed by atoms with Gasteiger partial charge in [-0.1, -0.05) is 42.0 Å². The van der Waals surface area contributed by atoms with Crippen LogP contribution in [0.1, 0.15) is 11.1 Å². The van der Waals surface area contributed by atoms with Gasteiger partial charge in [-0.25, -0.2) is 9.67 Å². The molecule has 31 heavy (non-hydrogen) atoms. The zero-order chi connectivity index (χ0) is 21.9. The van der Waals surface area contributed by atoms with Crippen LogP contribution in [-0.2, 0) is 21.8 Å². The van der Waals surface area contributed by atoms with Gasteiger partial charge in [0.05, 0.1) is 6.61 Å². The van der Waals surface area contributed by atoms with Gasteiger partial charge in [-0.2, -0.15) is 5.10 Å². The summed E-state index contributed by atoms with van der Waals surface area (Å²) in [7, 11) is 0. The molecule has 0 saturated carbocycles. The lowest BCUT2D eigenvalue weighted by Crippen LogP contribution is -2.34. The lowest BCUT2D eigenvalue weighted by atomic mass is 10.0. The molecule has 0 aliphatic carbocycles. The smallest absolute Gasteiger partial charge is 0.487 e. The molecule has 7 nitrogen and oxygen atoms in total. The second-order valence-electron chi connectivity index (χ2n) is 7.07. The van der Waals surface area contributed by atoms with Crippen LogP contribution < -0.4 is 9.47 Å². The fourth-order valence-electron chi connectivity index (χ4n) is 3.27. The summed E-state index contributed by atoms with van der Waals surface area (Å²) in [5, 5.41) is 4.12. The van der Waals surface area contributed by atoms with Crippen LogP contribution in [0.3, 0.4) is 0 Å². The number of rotatable bonds is 7. The number of nitrogens with zero attached hydrogens (tertiary/aromatic N) is 3. The highest BCUT2D eigenvalue weighted by molar-refractivity contribution is 5.39. The van der Waals surface area contributed by atoms with Crippen molar-refractivity contribution in [3.63, 3.8) is 0 Å². The molecule has 1 saturated heterocycles. The highest BCUT2D eigenvalue weighted by Gasteiger charge is 2.44. The molecule has 3 aromatic rings. The maximum absolute atomic E-state index is 12.6. The van der Waals surface area contributed by atoms with Gasteiger partial charge in [0.1, 0.15) is 31.9 Å². The third kappa shape index (κ3) is 5.15. The van der Waals surface area contributed by atoms with E-state index in [9.17, 15) is 13.2 Å². The summed E-state index contributed by atoms with van der Waals surface area (Å²) in [5.74, 6) is -1.58. The Morgan fingerprint density at radius 2 is 1.87 bits per heavy atom. The number of hydrogen-bond acceptors (Lipinski definition) is 6. The summed E-state index contributed by atoms with van der Waals surface area (Å²) in [6.07, 6.45) is -2.37. The highest BCUT2D eigenvalue weighted by atomic mass is 19.4. The first-order valence-corrected chi connectivity index (χ1v) is 9.52. The largest absolute Gasteiger partial charge is 0.573 e. The molecule has 0 radical (unpaired) electrons. The molecule has 2 unspecified atom stereocenters. The Morgan fingerprint density at radius 1 is 1.13 bits per heavy atom. The molecule has 10 heteroatoms. The summed E-state index contributed by atoms with van der Waals surface area (Å²) >= 11 is 0. The highest BCUT2D eigenvalue weighted by Crippen LogP contribution is 2.37. The molecule has 0 bridgehead atoms. The van der Waals surface area contributed by atoms with Crippen molar-refractivity contribution in [1.82, 2.24) is 14.8 Å². The van der Waals surface area contributed by atoms with Crippen LogP contribution in [0.25, 0.3) is 0 Å². The zero-order valence-electron chi connectivity index (χ0n) is 16.6. The maximum atomic E-state index is 12.6. The third-order valence-corrected chi connectivity index (χ3v) is 4.69. The van der Waals surface area contributed by atoms with E-state index in [0.717, 1.165) is 11.1 Å². The van der Waals surface area contributed by atoms with E-state index in [-0.39, 0.29) is 25.5 Å². The number of aromatic nitrogens is 3. The van der Waals surface area contributed by atoms with E-state index in [1.54, 1.807) is 17.1 Å². The number of benzene rings is 2. The van der Waals surface area contributed by atoms with E-state index in [1.165, 1.54) is 24.5 Å². The summed E-state index contributed by atoms with van der Waals surface area (Å²) in [6.45, 7) is 2.38. The Morgan fingerprint density at radius 3 is 2.55 bits per heavy atom. The van der Waals surface area contributed by atoms with Crippen LogP contribution in [-0.4, -0.2) is 40.4 Å². The van der Waals surface area contributed by atoms with Crippen molar-refractivity contribution < 1.29 is 32.1 Å². The van der Waals surface area contributed by atoms with Crippen molar-refractivity contribution in [2.24, 2.45) is 0 Å². The Hall–Kier alpha value is -3.11. The Kier molecular flexibility index (Phi) is 5.84. The van der Waals surface area contributed by atoms with Crippen LogP contribution in [0.15, 0.2) is 61.2 Å². The van der Waals surface area contributed by atoms with Gasteiger partial charge in [0, 0.05) is 5.56 Å². The summed E-state index contributed by atoms with van der Waals surface area (Å²) < 4.78 is 61.3. The van der Waals surface area contributed by atoms with Crippen LogP contribution in [0.4, 0.5) is 13.2 Å². The molecule has 0 N–H and O–H groups in total. The van der Waals surface area contributed by atoms with Crippen molar-refractivity contribution in [2.45, 2.75) is 31.7 Å². The van der Waals surface area contributed by atoms with E-state index in [2.05, 4.69) is 14.8 Å². The first kappa shape index (κ1) is 21.1. The first-order valence-electron chi connectivity index (χ1n) is 9.52. The number of ether oxygens (including phenoxy) is 4. The Balaban J connectivity index is 1.49. The van der Waals surface area contributed by atoms with Gasteiger partial charge < -0.3 is 18.9 Å². The lowest BCUT2D eigenvalue weighted by Gasteiger charge is -2.28. The maximum Gasteiger partial charge on any atom is 0.573 e. The average molecular weight is 435 g/mol. The van der Waals surface area contributed by atoms with Gasteiger partial charge in [0.25, 0.3) is 0 Å². The van der Waals surface area contributed by atoms with Gasteiger partial charge in [0.15, 0.2) is 11.5 Å². The molecule has 4 rings (SSSR count). The second-order valence-corrected chi connectivity index (χ2v) is 7.07. The molecule has 1 aliphatic rings. The molecular weight excluding hydrogens is 415 g/mol. The van der Waals surface area contributed by atoms with E-state index >= 15 is 0 Å². The van der Waals surface area contributed by atoms with Gasteiger partial charge >= 0.3 is 6.36 Å².